The summed E-state index contributed by atoms with van der Waals surface area (Å²) in [7, 11) is 0. The minimum absolute atomic E-state index is 0.526. The summed E-state index contributed by atoms with van der Waals surface area (Å²) >= 11 is 0. The fourth-order valence-corrected chi connectivity index (χ4v) is 1.39. The molecule has 0 radical (unpaired) electrons. The van der Waals surface area contributed by atoms with Crippen LogP contribution in [0.3, 0.4) is 0 Å². The van der Waals surface area contributed by atoms with Crippen molar-refractivity contribution in [3.8, 4) is 11.8 Å². The highest BCUT2D eigenvalue weighted by Gasteiger charge is 2.05. The summed E-state index contributed by atoms with van der Waals surface area (Å²) in [5.74, 6) is 0. The second kappa shape index (κ2) is 3.46. The van der Waals surface area contributed by atoms with Gasteiger partial charge in [0.1, 0.15) is 6.07 Å². The van der Waals surface area contributed by atoms with Gasteiger partial charge in [0, 0.05) is 11.9 Å². The molecule has 0 fully saturated rings. The SMILES string of the molecule is Cc1cnn(-c2ccc(N)cc2C#N)c1. The molecule has 4 nitrogen and oxygen atoms in total. The first-order chi connectivity index (χ1) is 7.20. The quantitative estimate of drug-likeness (QED) is 0.708. The van der Waals surface area contributed by atoms with Crippen molar-refractivity contribution < 1.29 is 0 Å². The normalized spacial score (nSPS) is 9.87. The highest BCUT2D eigenvalue weighted by Crippen LogP contribution is 2.16. The summed E-state index contributed by atoms with van der Waals surface area (Å²) in [4.78, 5) is 0. The molecule has 0 aliphatic heterocycles. The van der Waals surface area contributed by atoms with Gasteiger partial charge in [0.05, 0.1) is 17.4 Å². The van der Waals surface area contributed by atoms with E-state index in [1.807, 2.05) is 13.1 Å². The maximum Gasteiger partial charge on any atom is 0.101 e. The van der Waals surface area contributed by atoms with Crippen LogP contribution in [0.5, 0.6) is 0 Å². The molecule has 1 aromatic heterocycles. The topological polar surface area (TPSA) is 67.6 Å². The monoisotopic (exact) mass is 198 g/mol. The van der Waals surface area contributed by atoms with Gasteiger partial charge in [0.2, 0.25) is 0 Å². The minimum Gasteiger partial charge on any atom is -0.399 e. The Morgan fingerprint density at radius 1 is 1.47 bits per heavy atom. The summed E-state index contributed by atoms with van der Waals surface area (Å²) in [5.41, 5.74) is 8.52. The van der Waals surface area contributed by atoms with Crippen LogP contribution in [0.15, 0.2) is 30.6 Å². The number of benzene rings is 1. The number of hydrogen-bond donors (Lipinski definition) is 1. The van der Waals surface area contributed by atoms with Crippen molar-refractivity contribution in [1.29, 1.82) is 5.26 Å². The van der Waals surface area contributed by atoms with Gasteiger partial charge < -0.3 is 5.73 Å². The van der Waals surface area contributed by atoms with E-state index in [2.05, 4.69) is 11.2 Å². The van der Waals surface area contributed by atoms with E-state index in [9.17, 15) is 0 Å². The lowest BCUT2D eigenvalue weighted by molar-refractivity contribution is 0.877. The van der Waals surface area contributed by atoms with Crippen LogP contribution >= 0.6 is 0 Å². The number of aryl methyl sites for hydroxylation is 1. The standard InChI is InChI=1S/C11H10N4/c1-8-6-14-15(7-8)11-3-2-10(13)4-9(11)5-12/h2-4,6-7H,13H2,1H3. The van der Waals surface area contributed by atoms with Crippen molar-refractivity contribution in [2.45, 2.75) is 6.92 Å². The van der Waals surface area contributed by atoms with Gasteiger partial charge in [-0.15, -0.1) is 0 Å². The summed E-state index contributed by atoms with van der Waals surface area (Å²) in [6, 6.07) is 7.30. The van der Waals surface area contributed by atoms with Crippen LogP contribution in [0.1, 0.15) is 11.1 Å². The molecule has 0 aliphatic carbocycles. The van der Waals surface area contributed by atoms with E-state index in [-0.39, 0.29) is 0 Å². The molecule has 1 aromatic carbocycles. The molecule has 0 aliphatic rings. The number of nitriles is 1. The second-order valence-electron chi connectivity index (χ2n) is 3.35. The molecule has 4 heteroatoms. The maximum atomic E-state index is 8.96. The highest BCUT2D eigenvalue weighted by molar-refractivity contribution is 5.56. The van der Waals surface area contributed by atoms with Gasteiger partial charge in [-0.1, -0.05) is 0 Å². The lowest BCUT2D eigenvalue weighted by atomic mass is 10.2. The first-order valence-corrected chi connectivity index (χ1v) is 4.52. The third-order valence-corrected chi connectivity index (χ3v) is 2.10. The molecule has 0 spiro atoms. The van der Waals surface area contributed by atoms with Gasteiger partial charge in [0.25, 0.3) is 0 Å². The van der Waals surface area contributed by atoms with Crippen LogP contribution in [0.4, 0.5) is 5.69 Å². The molecule has 15 heavy (non-hydrogen) atoms. The van der Waals surface area contributed by atoms with Crippen molar-refractivity contribution in [2.75, 3.05) is 5.73 Å². The van der Waals surface area contributed by atoms with Crippen molar-refractivity contribution in [2.24, 2.45) is 0 Å². The molecule has 0 unspecified atom stereocenters. The average Bonchev–Trinajstić information content (AvgIpc) is 2.64. The lowest BCUT2D eigenvalue weighted by Crippen LogP contribution is -1.98. The number of rotatable bonds is 1. The van der Waals surface area contributed by atoms with E-state index >= 15 is 0 Å². The zero-order valence-electron chi connectivity index (χ0n) is 8.31. The Kier molecular flexibility index (Phi) is 2.14. The summed E-state index contributed by atoms with van der Waals surface area (Å²) in [6.07, 6.45) is 3.61. The number of nitrogen functional groups attached to an aromatic ring is 1. The van der Waals surface area contributed by atoms with Crippen LogP contribution in [0, 0.1) is 18.3 Å². The van der Waals surface area contributed by atoms with Gasteiger partial charge in [0.15, 0.2) is 0 Å². The molecule has 0 saturated carbocycles. The smallest absolute Gasteiger partial charge is 0.101 e. The number of hydrogen-bond acceptors (Lipinski definition) is 3. The van der Waals surface area contributed by atoms with Crippen LogP contribution in [-0.4, -0.2) is 9.78 Å². The summed E-state index contributed by atoms with van der Waals surface area (Å²) < 4.78 is 1.67. The van der Waals surface area contributed by atoms with E-state index in [1.165, 1.54) is 0 Å². The number of anilines is 1. The van der Waals surface area contributed by atoms with Crippen LogP contribution in [-0.2, 0) is 0 Å². The van der Waals surface area contributed by atoms with E-state index in [0.29, 0.717) is 11.3 Å². The minimum atomic E-state index is 0.526. The first-order valence-electron chi connectivity index (χ1n) is 4.52. The predicted molar refractivity (Wildman–Crippen MR) is 57.4 cm³/mol. The molecule has 0 atom stereocenters. The second-order valence-corrected chi connectivity index (χ2v) is 3.35. The maximum absolute atomic E-state index is 8.96. The van der Waals surface area contributed by atoms with E-state index < -0.39 is 0 Å². The highest BCUT2D eigenvalue weighted by atomic mass is 15.3. The van der Waals surface area contributed by atoms with Gasteiger partial charge in [-0.2, -0.15) is 10.4 Å². The average molecular weight is 198 g/mol. The van der Waals surface area contributed by atoms with Crippen LogP contribution in [0.2, 0.25) is 0 Å². The fraction of sp³-hybridized carbons (Fsp3) is 0.0909. The number of nitrogens with two attached hydrogens (primary N) is 1. The number of aromatic nitrogens is 2. The lowest BCUT2D eigenvalue weighted by Gasteiger charge is -2.04. The predicted octanol–water partition coefficient (Wildman–Crippen LogP) is 1.63. The number of nitrogens with zero attached hydrogens (tertiary/aromatic N) is 3. The van der Waals surface area contributed by atoms with Crippen LogP contribution < -0.4 is 5.73 Å². The molecular formula is C11H10N4. The molecule has 1 heterocycles. The third kappa shape index (κ3) is 1.67. The van der Waals surface area contributed by atoms with Gasteiger partial charge in [-0.25, -0.2) is 4.68 Å². The molecule has 74 valence electrons. The Morgan fingerprint density at radius 2 is 2.27 bits per heavy atom. The summed E-state index contributed by atoms with van der Waals surface area (Å²) in [6.45, 7) is 1.95. The Morgan fingerprint density at radius 3 is 2.87 bits per heavy atom. The Labute approximate surface area is 87.6 Å². The zero-order chi connectivity index (χ0) is 10.8. The van der Waals surface area contributed by atoms with E-state index in [0.717, 1.165) is 11.3 Å². The molecule has 0 bridgehead atoms. The fourth-order valence-electron chi connectivity index (χ4n) is 1.39. The molecule has 2 aromatic rings. The van der Waals surface area contributed by atoms with Gasteiger partial charge in [-0.05, 0) is 30.7 Å². The Hall–Kier alpha value is -2.28. The van der Waals surface area contributed by atoms with Crippen molar-refractivity contribution in [1.82, 2.24) is 9.78 Å². The van der Waals surface area contributed by atoms with Crippen molar-refractivity contribution >= 4 is 5.69 Å². The molecule has 2 N–H and O–H groups in total. The van der Waals surface area contributed by atoms with E-state index in [4.69, 9.17) is 11.0 Å². The molecule has 0 amide bonds. The van der Waals surface area contributed by atoms with Crippen molar-refractivity contribution in [3.05, 3.63) is 41.7 Å². The third-order valence-electron chi connectivity index (χ3n) is 2.10. The molecular weight excluding hydrogens is 188 g/mol. The van der Waals surface area contributed by atoms with Crippen molar-refractivity contribution in [3.63, 3.8) is 0 Å². The molecule has 2 rings (SSSR count). The van der Waals surface area contributed by atoms with Gasteiger partial charge in [-0.3, -0.25) is 0 Å². The Balaban J connectivity index is 2.58. The summed E-state index contributed by atoms with van der Waals surface area (Å²) in [5, 5.41) is 13.1. The first kappa shape index (κ1) is 9.28. The van der Waals surface area contributed by atoms with E-state index in [1.54, 1.807) is 29.1 Å². The van der Waals surface area contributed by atoms with Crippen LogP contribution in [0.25, 0.3) is 5.69 Å². The largest absolute Gasteiger partial charge is 0.399 e. The Bertz CT molecular complexity index is 534. The zero-order valence-corrected chi connectivity index (χ0v) is 8.31. The molecule has 0 saturated heterocycles. The van der Waals surface area contributed by atoms with Gasteiger partial charge >= 0.3 is 0 Å².